The van der Waals surface area contributed by atoms with E-state index in [1.54, 1.807) is 40.1 Å². The summed E-state index contributed by atoms with van der Waals surface area (Å²) in [4.78, 5) is 19.8. The van der Waals surface area contributed by atoms with Gasteiger partial charge >= 0.3 is 0 Å². The second kappa shape index (κ2) is 8.85. The zero-order valence-electron chi connectivity index (χ0n) is 17.6. The van der Waals surface area contributed by atoms with Gasteiger partial charge in [0.1, 0.15) is 0 Å². The highest BCUT2D eigenvalue weighted by Crippen LogP contribution is 2.41. The van der Waals surface area contributed by atoms with Crippen LogP contribution in [0.1, 0.15) is 41.1 Å². The van der Waals surface area contributed by atoms with Crippen molar-refractivity contribution in [3.8, 4) is 11.4 Å². The number of thiophene rings is 2. The van der Waals surface area contributed by atoms with Crippen LogP contribution < -0.4 is 0 Å². The van der Waals surface area contributed by atoms with Crippen LogP contribution in [0.4, 0.5) is 0 Å². The topological polar surface area (TPSA) is 76.3 Å². The van der Waals surface area contributed by atoms with Crippen molar-refractivity contribution in [1.29, 1.82) is 0 Å². The van der Waals surface area contributed by atoms with Crippen LogP contribution in [0.2, 0.25) is 0 Å². The SMILES string of the molecule is O=C(CSc1nnc(-c2cccnc2)n1C1CC1)N1N=C(c2cccs2)CC1c1cccs1. The van der Waals surface area contributed by atoms with E-state index >= 15 is 0 Å². The summed E-state index contributed by atoms with van der Waals surface area (Å²) in [6.07, 6.45) is 6.50. The molecule has 166 valence electrons. The Morgan fingerprint density at radius 3 is 2.70 bits per heavy atom. The van der Waals surface area contributed by atoms with Gasteiger partial charge in [0.15, 0.2) is 11.0 Å². The van der Waals surface area contributed by atoms with Gasteiger partial charge in [0, 0.05) is 35.3 Å². The minimum atomic E-state index is -0.0533. The maximum Gasteiger partial charge on any atom is 0.253 e. The van der Waals surface area contributed by atoms with Crippen molar-refractivity contribution in [3.05, 3.63) is 69.3 Å². The largest absolute Gasteiger partial charge is 0.299 e. The summed E-state index contributed by atoms with van der Waals surface area (Å²) in [7, 11) is 0. The number of hydrogen-bond donors (Lipinski definition) is 0. The first-order valence-corrected chi connectivity index (χ1v) is 13.5. The highest BCUT2D eigenvalue weighted by Gasteiger charge is 2.35. The van der Waals surface area contributed by atoms with E-state index in [0.29, 0.717) is 6.04 Å². The number of thioether (sulfide) groups is 1. The van der Waals surface area contributed by atoms with Gasteiger partial charge in [0.05, 0.1) is 22.4 Å². The third-order valence-corrected chi connectivity index (χ3v) is 8.48. The Hall–Kier alpha value is -2.82. The predicted molar refractivity (Wildman–Crippen MR) is 132 cm³/mol. The van der Waals surface area contributed by atoms with Crippen molar-refractivity contribution < 1.29 is 4.79 Å². The van der Waals surface area contributed by atoms with Gasteiger partial charge in [0.2, 0.25) is 0 Å². The molecule has 5 heterocycles. The molecule has 0 spiro atoms. The van der Waals surface area contributed by atoms with Gasteiger partial charge in [-0.25, -0.2) is 5.01 Å². The molecule has 4 aromatic rings. The minimum absolute atomic E-state index is 0.0155. The Morgan fingerprint density at radius 2 is 1.97 bits per heavy atom. The molecule has 1 unspecified atom stereocenters. The number of carbonyl (C=O) groups excluding carboxylic acids is 1. The van der Waals surface area contributed by atoms with E-state index in [-0.39, 0.29) is 17.7 Å². The first-order chi connectivity index (χ1) is 16.3. The summed E-state index contributed by atoms with van der Waals surface area (Å²) in [5, 5.41) is 20.2. The minimum Gasteiger partial charge on any atom is -0.299 e. The Bertz CT molecular complexity index is 1280. The van der Waals surface area contributed by atoms with Crippen molar-refractivity contribution in [1.82, 2.24) is 24.8 Å². The van der Waals surface area contributed by atoms with Crippen molar-refractivity contribution in [2.24, 2.45) is 5.10 Å². The van der Waals surface area contributed by atoms with Gasteiger partial charge in [-0.15, -0.1) is 32.9 Å². The van der Waals surface area contributed by atoms with Crippen LogP contribution in [0.25, 0.3) is 11.4 Å². The van der Waals surface area contributed by atoms with Crippen LogP contribution in [0.3, 0.4) is 0 Å². The highest BCUT2D eigenvalue weighted by atomic mass is 32.2. The normalized spacial score (nSPS) is 18.0. The molecule has 1 aliphatic heterocycles. The van der Waals surface area contributed by atoms with Crippen molar-refractivity contribution in [3.63, 3.8) is 0 Å². The monoisotopic (exact) mass is 492 g/mol. The average molecular weight is 493 g/mol. The summed E-state index contributed by atoms with van der Waals surface area (Å²) >= 11 is 4.76. The van der Waals surface area contributed by atoms with Gasteiger partial charge in [-0.3, -0.25) is 14.3 Å². The van der Waals surface area contributed by atoms with Gasteiger partial charge < -0.3 is 0 Å². The van der Waals surface area contributed by atoms with E-state index < -0.39 is 0 Å². The Morgan fingerprint density at radius 1 is 1.09 bits per heavy atom. The van der Waals surface area contributed by atoms with Crippen molar-refractivity contribution in [2.75, 3.05) is 5.75 Å². The van der Waals surface area contributed by atoms with Crippen LogP contribution >= 0.6 is 34.4 Å². The smallest absolute Gasteiger partial charge is 0.253 e. The third kappa shape index (κ3) is 4.14. The molecule has 1 atom stereocenters. The number of rotatable bonds is 7. The van der Waals surface area contributed by atoms with E-state index in [9.17, 15) is 4.79 Å². The quantitative estimate of drug-likeness (QED) is 0.329. The first kappa shape index (κ1) is 20.8. The number of carbonyl (C=O) groups is 1. The number of hydrogen-bond acceptors (Lipinski definition) is 8. The summed E-state index contributed by atoms with van der Waals surface area (Å²) in [6.45, 7) is 0. The van der Waals surface area contributed by atoms with E-state index in [0.717, 1.165) is 51.3 Å². The molecule has 33 heavy (non-hydrogen) atoms. The van der Waals surface area contributed by atoms with Gasteiger partial charge in [-0.1, -0.05) is 23.9 Å². The fourth-order valence-electron chi connectivity index (χ4n) is 3.96. The van der Waals surface area contributed by atoms with E-state index in [1.807, 2.05) is 35.0 Å². The maximum atomic E-state index is 13.4. The van der Waals surface area contributed by atoms with Crippen LogP contribution in [-0.2, 0) is 4.79 Å². The lowest BCUT2D eigenvalue weighted by molar-refractivity contribution is -0.130. The summed E-state index contributed by atoms with van der Waals surface area (Å²) in [5.74, 6) is 1.07. The zero-order valence-corrected chi connectivity index (χ0v) is 20.0. The molecule has 1 fully saturated rings. The molecule has 0 N–H and O–H groups in total. The fraction of sp³-hybridized carbons (Fsp3) is 0.261. The first-order valence-electron chi connectivity index (χ1n) is 10.7. The summed E-state index contributed by atoms with van der Waals surface area (Å²) in [6, 6.07) is 12.4. The van der Waals surface area contributed by atoms with Gasteiger partial charge in [-0.05, 0) is 47.9 Å². The van der Waals surface area contributed by atoms with E-state index in [1.165, 1.54) is 11.8 Å². The Balaban J connectivity index is 1.23. The lowest BCUT2D eigenvalue weighted by atomic mass is 10.1. The molecule has 0 bridgehead atoms. The van der Waals surface area contributed by atoms with Crippen LogP contribution in [0.5, 0.6) is 0 Å². The molecular formula is C23H20N6OS3. The molecule has 1 amide bonds. The van der Waals surface area contributed by atoms with Crippen LogP contribution in [-0.4, -0.2) is 42.1 Å². The lowest BCUT2D eigenvalue weighted by Crippen LogP contribution is -2.28. The van der Waals surface area contributed by atoms with E-state index in [2.05, 4.69) is 31.9 Å². The molecule has 0 radical (unpaired) electrons. The predicted octanol–water partition coefficient (Wildman–Crippen LogP) is 5.27. The molecule has 10 heteroatoms. The van der Waals surface area contributed by atoms with Crippen molar-refractivity contribution in [2.45, 2.75) is 36.5 Å². The maximum absolute atomic E-state index is 13.4. The second-order valence-electron chi connectivity index (χ2n) is 7.94. The van der Waals surface area contributed by atoms with Gasteiger partial charge in [0.25, 0.3) is 5.91 Å². The van der Waals surface area contributed by atoms with Gasteiger partial charge in [-0.2, -0.15) is 5.10 Å². The molecule has 1 aliphatic carbocycles. The number of amides is 1. The standard InChI is InChI=1S/C23H20N6OS3/c30-21(29-18(20-6-3-11-32-20)12-17(27-29)19-5-2-10-31-19)14-33-23-26-25-22(28(23)16-7-8-16)15-4-1-9-24-13-15/h1-6,9-11,13,16,18H,7-8,12,14H2. The molecular weight excluding hydrogens is 472 g/mol. The molecule has 2 aliphatic rings. The average Bonchev–Trinajstić information content (AvgIpc) is 3.34. The zero-order chi connectivity index (χ0) is 22.2. The fourth-order valence-corrected chi connectivity index (χ4v) is 6.35. The number of pyridine rings is 1. The molecule has 7 nitrogen and oxygen atoms in total. The van der Waals surface area contributed by atoms with Crippen LogP contribution in [0.15, 0.2) is 69.8 Å². The second-order valence-corrected chi connectivity index (χ2v) is 10.8. The molecule has 0 saturated heterocycles. The number of nitrogens with zero attached hydrogens (tertiary/aromatic N) is 6. The van der Waals surface area contributed by atoms with Crippen LogP contribution in [0, 0.1) is 0 Å². The Kier molecular flexibility index (Phi) is 5.57. The summed E-state index contributed by atoms with van der Waals surface area (Å²) in [5.41, 5.74) is 1.92. The molecule has 4 aromatic heterocycles. The molecule has 6 rings (SSSR count). The molecule has 0 aromatic carbocycles. The third-order valence-electron chi connectivity index (χ3n) is 5.66. The lowest BCUT2D eigenvalue weighted by Gasteiger charge is -2.20. The van der Waals surface area contributed by atoms with E-state index in [4.69, 9.17) is 5.10 Å². The highest BCUT2D eigenvalue weighted by molar-refractivity contribution is 7.99. The molecule has 1 saturated carbocycles. The number of hydrazone groups is 1. The van der Waals surface area contributed by atoms with Crippen molar-refractivity contribution >= 4 is 46.1 Å². The number of aromatic nitrogens is 4. The summed E-state index contributed by atoms with van der Waals surface area (Å²) < 4.78 is 2.16. The Labute approximate surface area is 203 Å².